The summed E-state index contributed by atoms with van der Waals surface area (Å²) in [5.74, 6) is 1.35. The second-order valence-corrected chi connectivity index (χ2v) is 8.98. The Morgan fingerprint density at radius 1 is 1.23 bits per heavy atom. The van der Waals surface area contributed by atoms with Crippen LogP contribution in [0, 0.1) is 30.1 Å². The summed E-state index contributed by atoms with van der Waals surface area (Å²) in [7, 11) is -3.67. The summed E-state index contributed by atoms with van der Waals surface area (Å²) < 4.78 is 29.8. The van der Waals surface area contributed by atoms with E-state index in [1.54, 1.807) is 24.3 Å². The number of benzene rings is 1. The van der Waals surface area contributed by atoms with Crippen molar-refractivity contribution >= 4 is 10.1 Å². The van der Waals surface area contributed by atoms with Gasteiger partial charge in [-0.05, 0) is 49.1 Å². The van der Waals surface area contributed by atoms with Crippen molar-refractivity contribution in [3.63, 3.8) is 0 Å². The van der Waals surface area contributed by atoms with Gasteiger partial charge in [-0.25, -0.2) is 0 Å². The van der Waals surface area contributed by atoms with Crippen LogP contribution in [0.15, 0.2) is 41.3 Å². The lowest BCUT2D eigenvalue weighted by Gasteiger charge is -2.60. The SMILES string of the molecule is C=C1[C@H](COS(=O)(=O)c2ccc(C)cc2)C[C@H]2C[C@@H]1C2(C)C. The second kappa shape index (κ2) is 5.20. The molecule has 0 unspecified atom stereocenters. The first-order valence-electron chi connectivity index (χ1n) is 7.86. The van der Waals surface area contributed by atoms with E-state index in [0.29, 0.717) is 17.3 Å². The highest BCUT2D eigenvalue weighted by molar-refractivity contribution is 7.86. The Bertz CT molecular complexity index is 686. The van der Waals surface area contributed by atoms with Crippen LogP contribution in [0.25, 0.3) is 0 Å². The van der Waals surface area contributed by atoms with Crippen LogP contribution in [-0.4, -0.2) is 15.0 Å². The standard InChI is InChI=1S/C18H24O3S/c1-12-5-7-16(8-6-12)22(19,20)21-11-14-9-15-10-17(13(14)2)18(15,3)4/h5-8,14-15,17H,2,9-11H2,1,3-4H3/t14-,15-,17-/m0/s1. The molecule has 0 aliphatic heterocycles. The van der Waals surface area contributed by atoms with Crippen LogP contribution < -0.4 is 0 Å². The molecule has 3 saturated carbocycles. The van der Waals surface area contributed by atoms with Crippen LogP contribution in [0.2, 0.25) is 0 Å². The van der Waals surface area contributed by atoms with Gasteiger partial charge in [-0.1, -0.05) is 43.7 Å². The highest BCUT2D eigenvalue weighted by Crippen LogP contribution is 2.62. The fraction of sp³-hybridized carbons (Fsp3) is 0.556. The summed E-state index contributed by atoms with van der Waals surface area (Å²) in [6.07, 6.45) is 2.19. The highest BCUT2D eigenvalue weighted by atomic mass is 32.2. The summed E-state index contributed by atoms with van der Waals surface area (Å²) in [6, 6.07) is 6.77. The lowest BCUT2D eigenvalue weighted by Crippen LogP contribution is -2.52. The van der Waals surface area contributed by atoms with E-state index < -0.39 is 10.1 Å². The topological polar surface area (TPSA) is 43.4 Å². The van der Waals surface area contributed by atoms with E-state index >= 15 is 0 Å². The molecule has 2 bridgehead atoms. The molecular formula is C18H24O3S. The number of hydrogen-bond acceptors (Lipinski definition) is 3. The molecule has 0 radical (unpaired) electrons. The zero-order valence-corrected chi connectivity index (χ0v) is 14.3. The molecule has 3 aliphatic rings. The Morgan fingerprint density at radius 3 is 2.41 bits per heavy atom. The Hall–Kier alpha value is -1.13. The third-order valence-electron chi connectivity index (χ3n) is 5.75. The van der Waals surface area contributed by atoms with Crippen molar-refractivity contribution in [2.45, 2.75) is 38.5 Å². The van der Waals surface area contributed by atoms with Gasteiger partial charge in [-0.2, -0.15) is 8.42 Å². The van der Waals surface area contributed by atoms with E-state index in [4.69, 9.17) is 4.18 Å². The molecule has 22 heavy (non-hydrogen) atoms. The summed E-state index contributed by atoms with van der Waals surface area (Å²) in [6.45, 7) is 10.9. The van der Waals surface area contributed by atoms with E-state index in [1.807, 2.05) is 6.92 Å². The molecule has 3 atom stereocenters. The Labute approximate surface area is 133 Å². The normalized spacial score (nSPS) is 30.0. The molecule has 4 heteroatoms. The van der Waals surface area contributed by atoms with Crippen molar-refractivity contribution in [2.75, 3.05) is 6.61 Å². The molecule has 0 saturated heterocycles. The molecule has 0 heterocycles. The summed E-state index contributed by atoms with van der Waals surface area (Å²) >= 11 is 0. The van der Waals surface area contributed by atoms with E-state index in [2.05, 4.69) is 20.4 Å². The Kier molecular flexibility index (Phi) is 3.73. The third-order valence-corrected chi connectivity index (χ3v) is 7.04. The molecule has 3 nitrogen and oxygen atoms in total. The smallest absolute Gasteiger partial charge is 0.266 e. The predicted octanol–water partition coefficient (Wildman–Crippen LogP) is 3.94. The lowest BCUT2D eigenvalue weighted by atomic mass is 9.45. The maximum Gasteiger partial charge on any atom is 0.296 e. The minimum Gasteiger partial charge on any atom is -0.266 e. The maximum atomic E-state index is 12.3. The zero-order chi connectivity index (χ0) is 16.1. The van der Waals surface area contributed by atoms with Gasteiger partial charge in [0.25, 0.3) is 10.1 Å². The van der Waals surface area contributed by atoms with Gasteiger partial charge in [-0.15, -0.1) is 0 Å². The van der Waals surface area contributed by atoms with Crippen molar-refractivity contribution < 1.29 is 12.6 Å². The zero-order valence-electron chi connectivity index (χ0n) is 13.5. The Balaban J connectivity index is 1.66. The largest absolute Gasteiger partial charge is 0.296 e. The van der Waals surface area contributed by atoms with Gasteiger partial charge >= 0.3 is 0 Å². The Morgan fingerprint density at radius 2 is 1.86 bits per heavy atom. The van der Waals surface area contributed by atoms with Crippen LogP contribution in [-0.2, 0) is 14.3 Å². The van der Waals surface area contributed by atoms with Crippen LogP contribution in [0.3, 0.4) is 0 Å². The number of hydrogen-bond donors (Lipinski definition) is 0. The molecule has 0 spiro atoms. The van der Waals surface area contributed by atoms with Crippen LogP contribution >= 0.6 is 0 Å². The van der Waals surface area contributed by atoms with Crippen LogP contribution in [0.4, 0.5) is 0 Å². The minimum absolute atomic E-state index is 0.164. The molecular weight excluding hydrogens is 296 g/mol. The molecule has 1 aromatic rings. The quantitative estimate of drug-likeness (QED) is 0.623. The molecule has 0 amide bonds. The number of fused-ring (bicyclic) bond motifs is 2. The van der Waals surface area contributed by atoms with Crippen molar-refractivity contribution in [2.24, 2.45) is 23.2 Å². The number of rotatable bonds is 4. The first kappa shape index (κ1) is 15.8. The van der Waals surface area contributed by atoms with Crippen LogP contribution in [0.5, 0.6) is 0 Å². The van der Waals surface area contributed by atoms with Gasteiger partial charge in [0.15, 0.2) is 0 Å². The lowest BCUT2D eigenvalue weighted by molar-refractivity contribution is -0.0526. The molecule has 120 valence electrons. The van der Waals surface area contributed by atoms with Gasteiger partial charge in [0, 0.05) is 5.92 Å². The van der Waals surface area contributed by atoms with Gasteiger partial charge in [0.2, 0.25) is 0 Å². The molecule has 3 fully saturated rings. The average Bonchev–Trinajstić information content (AvgIpc) is 2.46. The first-order chi connectivity index (χ1) is 10.2. The molecule has 0 aromatic heterocycles. The van der Waals surface area contributed by atoms with Crippen molar-refractivity contribution in [3.05, 3.63) is 42.0 Å². The molecule has 4 rings (SSSR count). The molecule has 3 aliphatic carbocycles. The van der Waals surface area contributed by atoms with Crippen molar-refractivity contribution in [1.82, 2.24) is 0 Å². The van der Waals surface area contributed by atoms with E-state index in [0.717, 1.165) is 12.0 Å². The van der Waals surface area contributed by atoms with Crippen molar-refractivity contribution in [3.8, 4) is 0 Å². The predicted molar refractivity (Wildman–Crippen MR) is 86.9 cm³/mol. The molecule has 1 aromatic carbocycles. The molecule has 0 N–H and O–H groups in total. The monoisotopic (exact) mass is 320 g/mol. The fourth-order valence-corrected chi connectivity index (χ4v) is 4.89. The van der Waals surface area contributed by atoms with Gasteiger partial charge in [0.1, 0.15) is 0 Å². The second-order valence-electron chi connectivity index (χ2n) is 7.37. The average molecular weight is 320 g/mol. The van der Waals surface area contributed by atoms with Gasteiger partial charge in [-0.3, -0.25) is 4.18 Å². The van der Waals surface area contributed by atoms with E-state index in [1.165, 1.54) is 12.0 Å². The maximum absolute atomic E-state index is 12.3. The third kappa shape index (κ3) is 2.52. The van der Waals surface area contributed by atoms with Gasteiger partial charge in [0.05, 0.1) is 11.5 Å². The summed E-state index contributed by atoms with van der Waals surface area (Å²) in [4.78, 5) is 0.227. The fourth-order valence-electron chi connectivity index (χ4n) is 3.94. The minimum atomic E-state index is -3.67. The summed E-state index contributed by atoms with van der Waals surface area (Å²) in [5, 5.41) is 0. The highest BCUT2D eigenvalue weighted by Gasteiger charge is 2.54. The van der Waals surface area contributed by atoms with Crippen LogP contribution in [0.1, 0.15) is 32.3 Å². The van der Waals surface area contributed by atoms with Crippen molar-refractivity contribution in [1.29, 1.82) is 0 Å². The number of aryl methyl sites for hydroxylation is 1. The van der Waals surface area contributed by atoms with E-state index in [-0.39, 0.29) is 17.4 Å². The summed E-state index contributed by atoms with van der Waals surface area (Å²) in [5.41, 5.74) is 2.53. The van der Waals surface area contributed by atoms with E-state index in [9.17, 15) is 8.42 Å². The van der Waals surface area contributed by atoms with Gasteiger partial charge < -0.3 is 0 Å². The first-order valence-corrected chi connectivity index (χ1v) is 9.27.